The van der Waals surface area contributed by atoms with Crippen LogP contribution >= 0.6 is 34.2 Å². The molecule has 0 atom stereocenters. The lowest BCUT2D eigenvalue weighted by Crippen LogP contribution is -2.01. The standard InChI is InChI=1S/C8H4ClIN2O2/c9-5-4(8(13)14)3-1-2-11-7(3)12-6(5)10/h1-2H,(H,11,12)(H,13,14). The maximum absolute atomic E-state index is 11.0. The number of aromatic nitrogens is 2. The van der Waals surface area contributed by atoms with Crippen molar-refractivity contribution in [2.75, 3.05) is 0 Å². The van der Waals surface area contributed by atoms with Crippen LogP contribution in [0.1, 0.15) is 10.4 Å². The molecular weight excluding hydrogens is 318 g/mol. The van der Waals surface area contributed by atoms with Crippen molar-refractivity contribution in [1.82, 2.24) is 9.97 Å². The lowest BCUT2D eigenvalue weighted by molar-refractivity contribution is 0.0699. The van der Waals surface area contributed by atoms with E-state index in [0.29, 0.717) is 14.7 Å². The van der Waals surface area contributed by atoms with E-state index in [-0.39, 0.29) is 10.6 Å². The van der Waals surface area contributed by atoms with Crippen molar-refractivity contribution < 1.29 is 9.90 Å². The number of halogens is 2. The quantitative estimate of drug-likeness (QED) is 0.626. The van der Waals surface area contributed by atoms with E-state index < -0.39 is 5.97 Å². The average Bonchev–Trinajstić information content (AvgIpc) is 2.52. The molecule has 0 saturated carbocycles. The normalized spacial score (nSPS) is 10.7. The molecule has 6 heteroatoms. The van der Waals surface area contributed by atoms with Crippen LogP contribution in [0.5, 0.6) is 0 Å². The van der Waals surface area contributed by atoms with Crippen LogP contribution in [-0.2, 0) is 0 Å². The average molecular weight is 322 g/mol. The van der Waals surface area contributed by atoms with Gasteiger partial charge < -0.3 is 10.1 Å². The summed E-state index contributed by atoms with van der Waals surface area (Å²) < 4.78 is 0.483. The Balaban J connectivity index is 2.93. The summed E-state index contributed by atoms with van der Waals surface area (Å²) in [7, 11) is 0. The van der Waals surface area contributed by atoms with Gasteiger partial charge in [0.15, 0.2) is 0 Å². The molecule has 0 saturated heterocycles. The third kappa shape index (κ3) is 1.36. The van der Waals surface area contributed by atoms with Crippen molar-refractivity contribution in [3.05, 3.63) is 26.5 Å². The van der Waals surface area contributed by atoms with Gasteiger partial charge in [0.05, 0.1) is 10.6 Å². The Kier molecular flexibility index (Phi) is 2.36. The highest BCUT2D eigenvalue weighted by atomic mass is 127. The molecule has 0 bridgehead atoms. The number of rotatable bonds is 1. The van der Waals surface area contributed by atoms with Crippen LogP contribution in [0, 0.1) is 3.70 Å². The summed E-state index contributed by atoms with van der Waals surface area (Å²) in [6.45, 7) is 0. The molecule has 14 heavy (non-hydrogen) atoms. The number of H-pyrrole nitrogens is 1. The minimum atomic E-state index is -1.04. The van der Waals surface area contributed by atoms with Crippen LogP contribution in [0.25, 0.3) is 11.0 Å². The number of hydrogen-bond acceptors (Lipinski definition) is 2. The third-order valence-electron chi connectivity index (χ3n) is 1.82. The fourth-order valence-electron chi connectivity index (χ4n) is 1.23. The maximum Gasteiger partial charge on any atom is 0.338 e. The van der Waals surface area contributed by atoms with Crippen LogP contribution in [0.4, 0.5) is 0 Å². The highest BCUT2D eigenvalue weighted by molar-refractivity contribution is 14.1. The van der Waals surface area contributed by atoms with Gasteiger partial charge in [0.1, 0.15) is 9.35 Å². The minimum absolute atomic E-state index is 0.0994. The molecule has 0 fully saturated rings. The second-order valence-electron chi connectivity index (χ2n) is 2.64. The second-order valence-corrected chi connectivity index (χ2v) is 4.04. The first-order chi connectivity index (χ1) is 6.61. The molecule has 2 N–H and O–H groups in total. The molecule has 0 aliphatic carbocycles. The van der Waals surface area contributed by atoms with Crippen molar-refractivity contribution in [3.8, 4) is 0 Å². The molecule has 2 heterocycles. The smallest absolute Gasteiger partial charge is 0.338 e. The van der Waals surface area contributed by atoms with Crippen molar-refractivity contribution in [2.45, 2.75) is 0 Å². The zero-order valence-electron chi connectivity index (χ0n) is 6.71. The van der Waals surface area contributed by atoms with E-state index in [4.69, 9.17) is 16.7 Å². The number of aromatic carboxylic acids is 1. The van der Waals surface area contributed by atoms with Gasteiger partial charge in [-0.25, -0.2) is 9.78 Å². The Morgan fingerprint density at radius 3 is 3.00 bits per heavy atom. The molecule has 2 aromatic heterocycles. The van der Waals surface area contributed by atoms with Gasteiger partial charge >= 0.3 is 5.97 Å². The Hall–Kier alpha value is -0.820. The minimum Gasteiger partial charge on any atom is -0.478 e. The number of pyridine rings is 1. The van der Waals surface area contributed by atoms with Crippen molar-refractivity contribution >= 4 is 51.2 Å². The van der Waals surface area contributed by atoms with Gasteiger partial charge in [-0.15, -0.1) is 0 Å². The molecule has 0 unspecified atom stereocenters. The lowest BCUT2D eigenvalue weighted by atomic mass is 10.2. The van der Waals surface area contributed by atoms with E-state index in [1.165, 1.54) is 0 Å². The molecular formula is C8H4ClIN2O2. The zero-order chi connectivity index (χ0) is 10.3. The molecule has 2 aromatic rings. The summed E-state index contributed by atoms with van der Waals surface area (Å²) in [6, 6.07) is 1.65. The Labute approximate surface area is 97.4 Å². The first-order valence-electron chi connectivity index (χ1n) is 3.66. The van der Waals surface area contributed by atoms with E-state index >= 15 is 0 Å². The molecule has 0 aromatic carbocycles. The first-order valence-corrected chi connectivity index (χ1v) is 5.12. The second kappa shape index (κ2) is 3.39. The van der Waals surface area contributed by atoms with Crippen molar-refractivity contribution in [1.29, 1.82) is 0 Å². The van der Waals surface area contributed by atoms with Gasteiger partial charge in [0.2, 0.25) is 0 Å². The number of carbonyl (C=O) groups is 1. The Bertz CT molecular complexity index is 523. The maximum atomic E-state index is 11.0. The Morgan fingerprint density at radius 1 is 1.64 bits per heavy atom. The highest BCUT2D eigenvalue weighted by Gasteiger charge is 2.17. The fraction of sp³-hybridized carbons (Fsp3) is 0. The molecule has 0 spiro atoms. The topological polar surface area (TPSA) is 66.0 Å². The lowest BCUT2D eigenvalue weighted by Gasteiger charge is -2.02. The monoisotopic (exact) mass is 322 g/mol. The van der Waals surface area contributed by atoms with Gasteiger partial charge in [0.25, 0.3) is 0 Å². The highest BCUT2D eigenvalue weighted by Crippen LogP contribution is 2.27. The molecule has 0 aliphatic rings. The van der Waals surface area contributed by atoms with Crippen LogP contribution < -0.4 is 0 Å². The molecule has 2 rings (SSSR count). The number of hydrogen-bond donors (Lipinski definition) is 2. The van der Waals surface area contributed by atoms with Crippen LogP contribution in [-0.4, -0.2) is 21.0 Å². The van der Waals surface area contributed by atoms with Gasteiger partial charge in [-0.05, 0) is 28.7 Å². The zero-order valence-corrected chi connectivity index (χ0v) is 9.63. The number of fused-ring (bicyclic) bond motifs is 1. The number of nitrogens with one attached hydrogen (secondary N) is 1. The van der Waals surface area contributed by atoms with E-state index in [1.807, 2.05) is 22.6 Å². The fourth-order valence-corrected chi connectivity index (χ4v) is 1.97. The number of carboxylic acids is 1. The molecule has 4 nitrogen and oxygen atoms in total. The molecule has 72 valence electrons. The van der Waals surface area contributed by atoms with Gasteiger partial charge in [-0.1, -0.05) is 11.6 Å². The van der Waals surface area contributed by atoms with E-state index in [9.17, 15) is 4.79 Å². The Morgan fingerprint density at radius 2 is 2.36 bits per heavy atom. The van der Waals surface area contributed by atoms with Crippen molar-refractivity contribution in [3.63, 3.8) is 0 Å². The predicted octanol–water partition coefficient (Wildman–Crippen LogP) is 2.52. The van der Waals surface area contributed by atoms with Crippen LogP contribution in [0.15, 0.2) is 12.3 Å². The van der Waals surface area contributed by atoms with Crippen LogP contribution in [0.2, 0.25) is 5.02 Å². The summed E-state index contributed by atoms with van der Waals surface area (Å²) in [5, 5.41) is 9.69. The van der Waals surface area contributed by atoms with Gasteiger partial charge in [-0.2, -0.15) is 0 Å². The first kappa shape index (κ1) is 9.72. The van der Waals surface area contributed by atoms with Gasteiger partial charge in [-0.3, -0.25) is 0 Å². The number of nitrogens with zero attached hydrogens (tertiary/aromatic N) is 1. The molecule has 0 radical (unpaired) electrons. The summed E-state index contributed by atoms with van der Waals surface area (Å²) in [5.74, 6) is -1.04. The number of aromatic amines is 1. The van der Waals surface area contributed by atoms with E-state index in [1.54, 1.807) is 12.3 Å². The summed E-state index contributed by atoms with van der Waals surface area (Å²) in [6.07, 6.45) is 1.64. The predicted molar refractivity (Wildman–Crippen MR) is 60.8 cm³/mol. The molecule has 0 aliphatic heterocycles. The largest absolute Gasteiger partial charge is 0.478 e. The van der Waals surface area contributed by atoms with Crippen LogP contribution in [0.3, 0.4) is 0 Å². The number of carboxylic acid groups (broad SMARTS) is 1. The van der Waals surface area contributed by atoms with E-state index in [0.717, 1.165) is 0 Å². The summed E-state index contributed by atoms with van der Waals surface area (Å²) in [4.78, 5) is 17.9. The van der Waals surface area contributed by atoms with Crippen molar-refractivity contribution in [2.24, 2.45) is 0 Å². The summed E-state index contributed by atoms with van der Waals surface area (Å²) in [5.41, 5.74) is 0.638. The summed E-state index contributed by atoms with van der Waals surface area (Å²) >= 11 is 7.76. The molecule has 0 amide bonds. The van der Waals surface area contributed by atoms with Gasteiger partial charge in [0, 0.05) is 11.6 Å². The SMILES string of the molecule is O=C(O)c1c(Cl)c(I)nc2[nH]ccc12. The van der Waals surface area contributed by atoms with E-state index in [2.05, 4.69) is 9.97 Å². The third-order valence-corrected chi connectivity index (χ3v) is 3.29.